The van der Waals surface area contributed by atoms with E-state index in [0.29, 0.717) is 6.42 Å². The first-order valence-corrected chi connectivity index (χ1v) is 8.17. The molecule has 0 fully saturated rings. The molecule has 0 aliphatic rings. The van der Waals surface area contributed by atoms with Crippen LogP contribution in [-0.2, 0) is 16.5 Å². The maximum absolute atomic E-state index is 10.8. The van der Waals surface area contributed by atoms with Gasteiger partial charge in [0.15, 0.2) is 5.44 Å². The molecule has 4 nitrogen and oxygen atoms in total. The lowest BCUT2D eigenvalue weighted by Crippen LogP contribution is -2.20. The zero-order valence-electron chi connectivity index (χ0n) is 11.7. The summed E-state index contributed by atoms with van der Waals surface area (Å²) in [7, 11) is -4.38. The van der Waals surface area contributed by atoms with Crippen LogP contribution >= 0.6 is 0 Å². The van der Waals surface area contributed by atoms with E-state index in [1.54, 1.807) is 0 Å². The average molecular weight is 306 g/mol. The fraction of sp³-hybridized carbons (Fsp3) is 0.250. The minimum absolute atomic E-state index is 0.0248. The second-order valence-electron chi connectivity index (χ2n) is 5.02. The summed E-state index contributed by atoms with van der Waals surface area (Å²) in [5.74, 6) is 0. The maximum atomic E-state index is 10.8. The van der Waals surface area contributed by atoms with Gasteiger partial charge in [-0.2, -0.15) is 8.42 Å². The van der Waals surface area contributed by atoms with Crippen molar-refractivity contribution in [3.05, 3.63) is 59.7 Å². The summed E-state index contributed by atoms with van der Waals surface area (Å²) in [5, 5.41) is 9.31. The molecule has 0 saturated heterocycles. The number of aryl methyl sites for hydroxylation is 2. The number of benzene rings is 2. The van der Waals surface area contributed by atoms with E-state index < -0.39 is 15.6 Å². The van der Waals surface area contributed by atoms with Gasteiger partial charge in [0.2, 0.25) is 0 Å². The van der Waals surface area contributed by atoms with Gasteiger partial charge in [0.1, 0.15) is 0 Å². The molecule has 1 atom stereocenters. The van der Waals surface area contributed by atoms with E-state index in [1.807, 2.05) is 55.5 Å². The minimum Gasteiger partial charge on any atom is -0.375 e. The first kappa shape index (κ1) is 15.7. The molecule has 112 valence electrons. The first-order valence-electron chi connectivity index (χ1n) is 6.67. The Morgan fingerprint density at radius 2 is 1.76 bits per heavy atom. The normalized spacial score (nSPS) is 13.1. The van der Waals surface area contributed by atoms with Gasteiger partial charge in [-0.05, 0) is 42.0 Å². The first-order chi connectivity index (χ1) is 9.88. The zero-order chi connectivity index (χ0) is 15.5. The standard InChI is InChI=1S/C16H18O4S/c1-12-11-13(8-10-16(17)21(18,19)20)7-9-15(12)14-5-3-2-4-6-14/h2-7,9,11,16-17H,8,10H2,1H3,(H,18,19,20). The lowest BCUT2D eigenvalue weighted by Gasteiger charge is -2.10. The molecule has 0 heterocycles. The smallest absolute Gasteiger partial charge is 0.292 e. The van der Waals surface area contributed by atoms with Crippen LogP contribution in [0.15, 0.2) is 48.5 Å². The van der Waals surface area contributed by atoms with Crippen molar-refractivity contribution in [2.75, 3.05) is 0 Å². The third-order valence-electron chi connectivity index (χ3n) is 3.40. The predicted molar refractivity (Wildman–Crippen MR) is 82.5 cm³/mol. The summed E-state index contributed by atoms with van der Waals surface area (Å²) >= 11 is 0. The van der Waals surface area contributed by atoms with Crippen molar-refractivity contribution in [2.24, 2.45) is 0 Å². The summed E-state index contributed by atoms with van der Waals surface area (Å²) < 4.78 is 30.3. The highest BCUT2D eigenvalue weighted by Crippen LogP contribution is 2.24. The molecule has 2 aromatic rings. The molecule has 21 heavy (non-hydrogen) atoms. The molecule has 0 amide bonds. The third-order valence-corrected chi connectivity index (χ3v) is 4.32. The summed E-state index contributed by atoms with van der Waals surface area (Å²) in [6, 6.07) is 15.8. The number of hydrogen-bond acceptors (Lipinski definition) is 3. The van der Waals surface area contributed by atoms with Crippen LogP contribution in [0.5, 0.6) is 0 Å². The molecular weight excluding hydrogens is 288 g/mol. The molecule has 0 bridgehead atoms. The molecule has 2 N–H and O–H groups in total. The maximum Gasteiger partial charge on any atom is 0.292 e. The van der Waals surface area contributed by atoms with Crippen LogP contribution in [0.4, 0.5) is 0 Å². The predicted octanol–water partition coefficient (Wildman–Crippen LogP) is 2.80. The summed E-state index contributed by atoms with van der Waals surface area (Å²) in [5.41, 5.74) is 2.52. The summed E-state index contributed by atoms with van der Waals surface area (Å²) in [6.07, 6.45) is 0.361. The minimum atomic E-state index is -4.38. The van der Waals surface area contributed by atoms with Crippen LogP contribution < -0.4 is 0 Å². The second-order valence-corrected chi connectivity index (χ2v) is 6.60. The Labute approximate surface area is 124 Å². The van der Waals surface area contributed by atoms with Gasteiger partial charge in [-0.15, -0.1) is 0 Å². The van der Waals surface area contributed by atoms with E-state index in [9.17, 15) is 13.5 Å². The number of rotatable bonds is 5. The van der Waals surface area contributed by atoms with E-state index in [4.69, 9.17) is 4.55 Å². The SMILES string of the molecule is Cc1cc(CCC(O)S(=O)(=O)O)ccc1-c1ccccc1. The monoisotopic (exact) mass is 306 g/mol. The van der Waals surface area contributed by atoms with Crippen molar-refractivity contribution in [1.29, 1.82) is 0 Å². The van der Waals surface area contributed by atoms with Gasteiger partial charge in [-0.25, -0.2) is 0 Å². The molecule has 2 rings (SSSR count). The van der Waals surface area contributed by atoms with E-state index in [0.717, 1.165) is 22.3 Å². The Morgan fingerprint density at radius 1 is 1.10 bits per heavy atom. The molecule has 1 unspecified atom stereocenters. The van der Waals surface area contributed by atoms with Crippen molar-refractivity contribution >= 4 is 10.1 Å². The molecule has 5 heteroatoms. The van der Waals surface area contributed by atoms with Gasteiger partial charge in [0.05, 0.1) is 0 Å². The molecule has 2 aromatic carbocycles. The fourth-order valence-corrected chi connectivity index (χ4v) is 2.68. The Morgan fingerprint density at radius 3 is 2.33 bits per heavy atom. The quantitative estimate of drug-likeness (QED) is 0.833. The zero-order valence-corrected chi connectivity index (χ0v) is 12.5. The second kappa shape index (κ2) is 6.39. The van der Waals surface area contributed by atoms with Gasteiger partial charge >= 0.3 is 0 Å². The number of hydrogen-bond donors (Lipinski definition) is 2. The van der Waals surface area contributed by atoms with Gasteiger partial charge in [-0.1, -0.05) is 48.5 Å². The topological polar surface area (TPSA) is 74.6 Å². The van der Waals surface area contributed by atoms with Crippen molar-refractivity contribution in [1.82, 2.24) is 0 Å². The van der Waals surface area contributed by atoms with E-state index >= 15 is 0 Å². The molecular formula is C16H18O4S. The highest BCUT2D eigenvalue weighted by atomic mass is 32.2. The van der Waals surface area contributed by atoms with Crippen LogP contribution in [0.3, 0.4) is 0 Å². The Hall–Kier alpha value is -1.69. The molecule has 0 aliphatic heterocycles. The summed E-state index contributed by atoms with van der Waals surface area (Å²) in [4.78, 5) is 0. The van der Waals surface area contributed by atoms with Crippen molar-refractivity contribution in [2.45, 2.75) is 25.2 Å². The van der Waals surface area contributed by atoms with E-state index in [1.165, 1.54) is 0 Å². The Bertz CT molecular complexity index is 708. The van der Waals surface area contributed by atoms with Crippen LogP contribution in [-0.4, -0.2) is 23.5 Å². The largest absolute Gasteiger partial charge is 0.375 e. The Kier molecular flexibility index (Phi) is 4.77. The van der Waals surface area contributed by atoms with Gasteiger partial charge in [-0.3, -0.25) is 4.55 Å². The number of aliphatic hydroxyl groups is 1. The molecule has 0 spiro atoms. The van der Waals surface area contributed by atoms with Crippen molar-refractivity contribution in [3.63, 3.8) is 0 Å². The molecule has 0 saturated carbocycles. The van der Waals surface area contributed by atoms with Gasteiger partial charge in [0, 0.05) is 0 Å². The number of aliphatic hydroxyl groups excluding tert-OH is 1. The fourth-order valence-electron chi connectivity index (χ4n) is 2.26. The van der Waals surface area contributed by atoms with Crippen molar-refractivity contribution in [3.8, 4) is 11.1 Å². The molecule has 0 aromatic heterocycles. The lowest BCUT2D eigenvalue weighted by molar-refractivity contribution is 0.224. The van der Waals surface area contributed by atoms with Crippen molar-refractivity contribution < 1.29 is 18.1 Å². The third kappa shape index (κ3) is 4.14. The lowest BCUT2D eigenvalue weighted by atomic mass is 9.97. The van der Waals surface area contributed by atoms with Crippen LogP contribution in [0.1, 0.15) is 17.5 Å². The van der Waals surface area contributed by atoms with E-state index in [2.05, 4.69) is 0 Å². The highest BCUT2D eigenvalue weighted by Gasteiger charge is 2.19. The highest BCUT2D eigenvalue weighted by molar-refractivity contribution is 7.86. The van der Waals surface area contributed by atoms with Crippen LogP contribution in [0.25, 0.3) is 11.1 Å². The molecule has 0 aliphatic carbocycles. The van der Waals surface area contributed by atoms with Gasteiger partial charge < -0.3 is 5.11 Å². The summed E-state index contributed by atoms with van der Waals surface area (Å²) in [6.45, 7) is 1.99. The van der Waals surface area contributed by atoms with Crippen LogP contribution in [0, 0.1) is 6.92 Å². The molecule has 0 radical (unpaired) electrons. The van der Waals surface area contributed by atoms with Gasteiger partial charge in [0.25, 0.3) is 10.1 Å². The Balaban J connectivity index is 2.13. The van der Waals surface area contributed by atoms with Crippen LogP contribution in [0.2, 0.25) is 0 Å². The average Bonchev–Trinajstić information content (AvgIpc) is 2.44. The van der Waals surface area contributed by atoms with E-state index in [-0.39, 0.29) is 6.42 Å².